The Morgan fingerprint density at radius 3 is 2.36 bits per heavy atom. The second kappa shape index (κ2) is 8.23. The lowest BCUT2D eigenvalue weighted by molar-refractivity contribution is -0.124. The van der Waals surface area contributed by atoms with Crippen LogP contribution in [0.15, 0.2) is 29.2 Å². The van der Waals surface area contributed by atoms with Crippen molar-refractivity contribution in [3.63, 3.8) is 0 Å². The number of nitrogens with two attached hydrogens (primary N) is 1. The zero-order valence-electron chi connectivity index (χ0n) is 13.0. The van der Waals surface area contributed by atoms with Gasteiger partial charge in [-0.3, -0.25) is 4.79 Å². The van der Waals surface area contributed by atoms with Gasteiger partial charge in [-0.2, -0.15) is 0 Å². The zero-order valence-corrected chi connectivity index (χ0v) is 13.8. The van der Waals surface area contributed by atoms with Crippen LogP contribution in [0.25, 0.3) is 0 Å². The Hall–Kier alpha value is -1.48. The fourth-order valence-corrected chi connectivity index (χ4v) is 2.64. The summed E-state index contributed by atoms with van der Waals surface area (Å²) in [6.45, 7) is 2.10. The van der Waals surface area contributed by atoms with Gasteiger partial charge in [-0.15, -0.1) is 0 Å². The molecule has 7 nitrogen and oxygen atoms in total. The van der Waals surface area contributed by atoms with E-state index in [-0.39, 0.29) is 35.9 Å². The molecule has 22 heavy (non-hydrogen) atoms. The standard InChI is InChI=1S/C14H23N3O4S/c1-10(17-14(18)8-12(9-15)21-3)11-4-6-13(7-5-11)22(19,20)16-2/h4-7,10,12,16H,8-9,15H2,1-3H3,(H,17,18). The highest BCUT2D eigenvalue weighted by Crippen LogP contribution is 2.16. The summed E-state index contributed by atoms with van der Waals surface area (Å²) in [6, 6.07) is 6.11. The van der Waals surface area contributed by atoms with Crippen molar-refractivity contribution in [2.24, 2.45) is 5.73 Å². The van der Waals surface area contributed by atoms with E-state index >= 15 is 0 Å². The molecule has 0 aliphatic rings. The Balaban J connectivity index is 2.70. The van der Waals surface area contributed by atoms with Gasteiger partial charge in [-0.05, 0) is 31.7 Å². The second-order valence-corrected chi connectivity index (χ2v) is 6.75. The molecule has 0 radical (unpaired) electrons. The molecule has 4 N–H and O–H groups in total. The van der Waals surface area contributed by atoms with Gasteiger partial charge in [0.15, 0.2) is 0 Å². The molecule has 0 aliphatic carbocycles. The number of carbonyl (C=O) groups is 1. The summed E-state index contributed by atoms with van der Waals surface area (Å²) in [6.07, 6.45) is -0.126. The minimum Gasteiger partial charge on any atom is -0.380 e. The smallest absolute Gasteiger partial charge is 0.240 e. The molecule has 0 fully saturated rings. The molecular formula is C14H23N3O4S. The van der Waals surface area contributed by atoms with E-state index in [1.165, 1.54) is 26.3 Å². The summed E-state index contributed by atoms with van der Waals surface area (Å²) in [5.41, 5.74) is 6.29. The van der Waals surface area contributed by atoms with Crippen molar-refractivity contribution < 1.29 is 17.9 Å². The number of ether oxygens (including phenoxy) is 1. The zero-order chi connectivity index (χ0) is 16.8. The first-order valence-corrected chi connectivity index (χ1v) is 8.38. The van der Waals surface area contributed by atoms with E-state index in [2.05, 4.69) is 10.0 Å². The first kappa shape index (κ1) is 18.6. The Kier molecular flexibility index (Phi) is 6.95. The molecule has 0 bridgehead atoms. The summed E-state index contributed by atoms with van der Waals surface area (Å²) < 4.78 is 30.6. The minimum absolute atomic E-state index is 0.170. The third kappa shape index (κ3) is 5.06. The van der Waals surface area contributed by atoms with Crippen LogP contribution in [0.4, 0.5) is 0 Å². The maximum absolute atomic E-state index is 11.9. The van der Waals surface area contributed by atoms with Gasteiger partial charge in [-0.25, -0.2) is 13.1 Å². The lowest BCUT2D eigenvalue weighted by atomic mass is 10.1. The van der Waals surface area contributed by atoms with Crippen LogP contribution in [0.2, 0.25) is 0 Å². The maximum Gasteiger partial charge on any atom is 0.240 e. The number of rotatable bonds is 8. The first-order valence-electron chi connectivity index (χ1n) is 6.89. The molecular weight excluding hydrogens is 306 g/mol. The Bertz CT molecular complexity index is 583. The third-order valence-electron chi connectivity index (χ3n) is 3.35. The molecule has 2 unspecified atom stereocenters. The highest BCUT2D eigenvalue weighted by atomic mass is 32.2. The van der Waals surface area contributed by atoms with Crippen LogP contribution in [0.1, 0.15) is 24.9 Å². The van der Waals surface area contributed by atoms with Gasteiger partial charge in [-0.1, -0.05) is 12.1 Å². The van der Waals surface area contributed by atoms with Crippen molar-refractivity contribution in [1.82, 2.24) is 10.0 Å². The van der Waals surface area contributed by atoms with Crippen molar-refractivity contribution in [2.45, 2.75) is 30.4 Å². The fourth-order valence-electron chi connectivity index (χ4n) is 1.91. The minimum atomic E-state index is -3.45. The van der Waals surface area contributed by atoms with Gasteiger partial charge >= 0.3 is 0 Å². The van der Waals surface area contributed by atoms with E-state index in [1.54, 1.807) is 12.1 Å². The van der Waals surface area contributed by atoms with E-state index < -0.39 is 10.0 Å². The highest BCUT2D eigenvalue weighted by molar-refractivity contribution is 7.89. The number of hydrogen-bond donors (Lipinski definition) is 3. The quantitative estimate of drug-likeness (QED) is 0.628. The Labute approximate surface area is 131 Å². The van der Waals surface area contributed by atoms with Gasteiger partial charge in [0, 0.05) is 13.7 Å². The largest absolute Gasteiger partial charge is 0.380 e. The molecule has 0 saturated heterocycles. The molecule has 0 spiro atoms. The molecule has 0 aromatic heterocycles. The Morgan fingerprint density at radius 1 is 1.32 bits per heavy atom. The third-order valence-corrected chi connectivity index (χ3v) is 4.78. The molecule has 1 amide bonds. The number of methoxy groups -OCH3 is 1. The summed E-state index contributed by atoms with van der Waals surface area (Å²) in [7, 11) is -0.588. The van der Waals surface area contributed by atoms with Crippen LogP contribution in [0, 0.1) is 0 Å². The van der Waals surface area contributed by atoms with Crippen LogP contribution >= 0.6 is 0 Å². The van der Waals surface area contributed by atoms with Gasteiger partial charge in [0.05, 0.1) is 23.5 Å². The number of carbonyl (C=O) groups excluding carboxylic acids is 1. The van der Waals surface area contributed by atoms with Crippen LogP contribution < -0.4 is 15.8 Å². The topological polar surface area (TPSA) is 111 Å². The summed E-state index contributed by atoms with van der Waals surface area (Å²) in [4.78, 5) is 12.1. The van der Waals surface area contributed by atoms with Crippen molar-refractivity contribution >= 4 is 15.9 Å². The Morgan fingerprint density at radius 2 is 1.91 bits per heavy atom. The van der Waals surface area contributed by atoms with Gasteiger partial charge < -0.3 is 15.8 Å². The van der Waals surface area contributed by atoms with Crippen molar-refractivity contribution in [3.8, 4) is 0 Å². The molecule has 2 atom stereocenters. The van der Waals surface area contributed by atoms with Crippen LogP contribution in [-0.2, 0) is 19.6 Å². The molecule has 1 aromatic carbocycles. The number of nitrogens with one attached hydrogen (secondary N) is 2. The highest BCUT2D eigenvalue weighted by Gasteiger charge is 2.16. The van der Waals surface area contributed by atoms with E-state index in [9.17, 15) is 13.2 Å². The lowest BCUT2D eigenvalue weighted by Crippen LogP contribution is -2.33. The van der Waals surface area contributed by atoms with Crippen LogP contribution in [-0.4, -0.2) is 41.1 Å². The number of hydrogen-bond acceptors (Lipinski definition) is 5. The van der Waals surface area contributed by atoms with Crippen LogP contribution in [0.3, 0.4) is 0 Å². The molecule has 0 aliphatic heterocycles. The fraction of sp³-hybridized carbons (Fsp3) is 0.500. The van der Waals surface area contributed by atoms with E-state index in [0.29, 0.717) is 0 Å². The van der Waals surface area contributed by atoms with Gasteiger partial charge in [0.1, 0.15) is 0 Å². The average Bonchev–Trinajstić information content (AvgIpc) is 2.52. The van der Waals surface area contributed by atoms with Gasteiger partial charge in [0.2, 0.25) is 15.9 Å². The molecule has 124 valence electrons. The predicted molar refractivity (Wildman–Crippen MR) is 83.7 cm³/mol. The predicted octanol–water partition coefficient (Wildman–Crippen LogP) is 0.136. The lowest BCUT2D eigenvalue weighted by Gasteiger charge is -2.17. The molecule has 8 heteroatoms. The first-order chi connectivity index (χ1) is 10.3. The summed E-state index contributed by atoms with van der Waals surface area (Å²) in [5, 5.41) is 2.83. The summed E-state index contributed by atoms with van der Waals surface area (Å²) in [5.74, 6) is -0.170. The summed E-state index contributed by atoms with van der Waals surface area (Å²) >= 11 is 0. The number of benzene rings is 1. The SMILES string of the molecule is CNS(=O)(=O)c1ccc(C(C)NC(=O)CC(CN)OC)cc1. The van der Waals surface area contributed by atoms with E-state index in [4.69, 9.17) is 10.5 Å². The normalized spacial score (nSPS) is 14.4. The number of sulfonamides is 1. The average molecular weight is 329 g/mol. The molecule has 0 heterocycles. The molecule has 1 aromatic rings. The molecule has 0 saturated carbocycles. The van der Waals surface area contributed by atoms with E-state index in [1.807, 2.05) is 6.92 Å². The molecule has 1 rings (SSSR count). The van der Waals surface area contributed by atoms with Gasteiger partial charge in [0.25, 0.3) is 0 Å². The van der Waals surface area contributed by atoms with Crippen LogP contribution in [0.5, 0.6) is 0 Å². The number of amides is 1. The van der Waals surface area contributed by atoms with E-state index in [0.717, 1.165) is 5.56 Å². The van der Waals surface area contributed by atoms with Crippen molar-refractivity contribution in [3.05, 3.63) is 29.8 Å². The maximum atomic E-state index is 11.9. The monoisotopic (exact) mass is 329 g/mol. The van der Waals surface area contributed by atoms with Crippen molar-refractivity contribution in [1.29, 1.82) is 0 Å². The second-order valence-electron chi connectivity index (χ2n) is 4.86. The van der Waals surface area contributed by atoms with Crippen molar-refractivity contribution in [2.75, 3.05) is 20.7 Å².